The Morgan fingerprint density at radius 2 is 1.22 bits per heavy atom. The number of esters is 1. The highest BCUT2D eigenvalue weighted by atomic mass is 32.1. The number of benzene rings is 4. The Morgan fingerprint density at radius 3 is 1.89 bits per heavy atom. The van der Waals surface area contributed by atoms with Crippen LogP contribution in [0.5, 0.6) is 0 Å². The zero-order chi connectivity index (χ0) is 31.8. The van der Waals surface area contributed by atoms with Crippen LogP contribution in [-0.2, 0) is 27.1 Å². The van der Waals surface area contributed by atoms with Gasteiger partial charge in [0, 0.05) is 30.4 Å². The van der Waals surface area contributed by atoms with Crippen molar-refractivity contribution in [3.05, 3.63) is 107 Å². The molecule has 10 nitrogen and oxygen atoms in total. The maximum absolute atomic E-state index is 13.0. The first-order chi connectivity index (χ1) is 21.7. The van der Waals surface area contributed by atoms with E-state index in [0.29, 0.717) is 57.8 Å². The molecule has 228 valence electrons. The number of fused-ring (bicyclic) bond motifs is 4. The number of ether oxygens (including phenoxy) is 2. The molecule has 4 N–H and O–H groups in total. The molecule has 2 aliphatic heterocycles. The van der Waals surface area contributed by atoms with Gasteiger partial charge in [0.2, 0.25) is 0 Å². The summed E-state index contributed by atoms with van der Waals surface area (Å²) in [6.45, 7) is 1.73. The van der Waals surface area contributed by atoms with Gasteiger partial charge in [0.25, 0.3) is 0 Å². The van der Waals surface area contributed by atoms with Gasteiger partial charge in [-0.1, -0.05) is 80.2 Å². The number of urea groups is 2. The van der Waals surface area contributed by atoms with Crippen LogP contribution in [0.1, 0.15) is 47.8 Å². The van der Waals surface area contributed by atoms with E-state index in [0.717, 1.165) is 11.1 Å². The van der Waals surface area contributed by atoms with Crippen molar-refractivity contribution in [3.8, 4) is 11.1 Å². The average molecular weight is 623 g/mol. The molecule has 2 aliphatic rings. The zero-order valence-corrected chi connectivity index (χ0v) is 25.2. The van der Waals surface area contributed by atoms with E-state index >= 15 is 0 Å². The predicted molar refractivity (Wildman–Crippen MR) is 173 cm³/mol. The number of rotatable bonds is 4. The van der Waals surface area contributed by atoms with Crippen LogP contribution in [0.25, 0.3) is 11.1 Å². The Balaban J connectivity index is 1.51. The molecule has 0 spiro atoms. The molecule has 0 saturated heterocycles. The molecule has 2 atom stereocenters. The second-order valence-electron chi connectivity index (χ2n) is 10.8. The van der Waals surface area contributed by atoms with Crippen molar-refractivity contribution in [1.29, 1.82) is 0 Å². The second kappa shape index (κ2) is 12.0. The summed E-state index contributed by atoms with van der Waals surface area (Å²) < 4.78 is 11.4. The highest BCUT2D eigenvalue weighted by Gasteiger charge is 2.33. The lowest BCUT2D eigenvalue weighted by Crippen LogP contribution is -2.32. The van der Waals surface area contributed by atoms with E-state index in [2.05, 4.69) is 12.6 Å². The summed E-state index contributed by atoms with van der Waals surface area (Å²) in [7, 11) is 0. The van der Waals surface area contributed by atoms with Gasteiger partial charge in [-0.3, -0.25) is 14.6 Å². The van der Waals surface area contributed by atoms with Crippen LogP contribution in [0, 0.1) is 0 Å². The molecule has 0 aromatic heterocycles. The lowest BCUT2D eigenvalue weighted by molar-refractivity contribution is -0.149. The van der Waals surface area contributed by atoms with Gasteiger partial charge in [-0.05, 0) is 46.5 Å². The third kappa shape index (κ3) is 5.58. The fourth-order valence-corrected chi connectivity index (χ4v) is 6.23. The average Bonchev–Trinajstić information content (AvgIpc) is 3.24. The zero-order valence-electron chi connectivity index (χ0n) is 24.3. The minimum absolute atomic E-state index is 0.211. The smallest absolute Gasteiger partial charge is 0.364 e. The first kappa shape index (κ1) is 29.8. The summed E-state index contributed by atoms with van der Waals surface area (Å²) in [4.78, 5) is 53.1. The largest absolute Gasteiger partial charge is 0.457 e. The summed E-state index contributed by atoms with van der Waals surface area (Å²) in [5.74, 6) is -0.354. The summed E-state index contributed by atoms with van der Waals surface area (Å²) in [5, 5.41) is -0.750. The lowest BCUT2D eigenvalue weighted by atomic mass is 9.95. The number of hydrogen-bond donors (Lipinski definition) is 3. The van der Waals surface area contributed by atoms with Crippen LogP contribution in [-0.4, -0.2) is 23.3 Å². The third-order valence-electron chi connectivity index (χ3n) is 8.09. The number of hydrogen-bond acceptors (Lipinski definition) is 6. The summed E-state index contributed by atoms with van der Waals surface area (Å²) in [6, 6.07) is 24.1. The quantitative estimate of drug-likeness (QED) is 0.165. The second-order valence-corrected chi connectivity index (χ2v) is 11.1. The van der Waals surface area contributed by atoms with Crippen molar-refractivity contribution >= 4 is 58.7 Å². The normalized spacial score (nSPS) is 16.6. The highest BCUT2D eigenvalue weighted by molar-refractivity contribution is 7.96. The molecular formula is C34H30N4O6S. The van der Waals surface area contributed by atoms with E-state index in [-0.39, 0.29) is 12.4 Å². The molecule has 0 fully saturated rings. The van der Waals surface area contributed by atoms with Crippen molar-refractivity contribution in [1.82, 2.24) is 0 Å². The summed E-state index contributed by atoms with van der Waals surface area (Å²) in [6.07, 6.45) is -0.487. The van der Waals surface area contributed by atoms with Gasteiger partial charge in [-0.25, -0.2) is 14.4 Å². The van der Waals surface area contributed by atoms with E-state index in [1.165, 1.54) is 9.80 Å². The first-order valence-electron chi connectivity index (χ1n) is 14.4. The molecule has 2 heterocycles. The van der Waals surface area contributed by atoms with Crippen molar-refractivity contribution in [2.75, 3.05) is 9.80 Å². The molecule has 0 bridgehead atoms. The number of thiol groups is 1. The molecule has 2 unspecified atom stereocenters. The van der Waals surface area contributed by atoms with Crippen molar-refractivity contribution < 1.29 is 28.7 Å². The Morgan fingerprint density at radius 1 is 0.689 bits per heavy atom. The van der Waals surface area contributed by atoms with E-state index in [1.54, 1.807) is 43.3 Å². The molecule has 0 saturated carbocycles. The number of anilines is 4. The number of carbonyl (C=O) groups excluding carboxylic acids is 4. The Kier molecular flexibility index (Phi) is 7.94. The highest BCUT2D eigenvalue weighted by Crippen LogP contribution is 2.46. The summed E-state index contributed by atoms with van der Waals surface area (Å²) >= 11 is 3.84. The summed E-state index contributed by atoms with van der Waals surface area (Å²) in [5.41, 5.74) is 18.2. The maximum atomic E-state index is 13.0. The SMILES string of the molecule is CCC(=O)OC1Cc2ccc(-c3ccc4c(c3)N(C(N)=O)c3ccccc3CC4OC(=O)S)cc2N(C(N)=O)c2ccccc21. The molecule has 4 amide bonds. The van der Waals surface area contributed by atoms with Crippen LogP contribution in [0.2, 0.25) is 0 Å². The minimum atomic E-state index is -0.750. The van der Waals surface area contributed by atoms with E-state index in [1.807, 2.05) is 48.5 Å². The molecule has 4 aromatic carbocycles. The Labute approximate surface area is 264 Å². The predicted octanol–water partition coefficient (Wildman–Crippen LogP) is 7.00. The molecular weight excluding hydrogens is 592 g/mol. The monoisotopic (exact) mass is 622 g/mol. The van der Waals surface area contributed by atoms with Crippen LogP contribution in [0.3, 0.4) is 0 Å². The molecule has 45 heavy (non-hydrogen) atoms. The van der Waals surface area contributed by atoms with Gasteiger partial charge in [-0.15, -0.1) is 0 Å². The third-order valence-corrected chi connectivity index (χ3v) is 8.20. The van der Waals surface area contributed by atoms with E-state index in [9.17, 15) is 19.2 Å². The van der Waals surface area contributed by atoms with E-state index < -0.39 is 29.6 Å². The Hall–Kier alpha value is -5.29. The number of para-hydroxylation sites is 2. The molecule has 0 aliphatic carbocycles. The molecule has 4 aromatic rings. The number of nitrogens with two attached hydrogens (primary N) is 2. The Bertz CT molecular complexity index is 1860. The fourth-order valence-electron chi connectivity index (χ4n) is 6.11. The van der Waals surface area contributed by atoms with Crippen LogP contribution >= 0.6 is 12.6 Å². The van der Waals surface area contributed by atoms with Crippen LogP contribution in [0.15, 0.2) is 84.9 Å². The molecule has 11 heteroatoms. The van der Waals surface area contributed by atoms with Crippen molar-refractivity contribution in [3.63, 3.8) is 0 Å². The van der Waals surface area contributed by atoms with Gasteiger partial charge in [0.15, 0.2) is 0 Å². The van der Waals surface area contributed by atoms with Gasteiger partial charge in [0.1, 0.15) is 12.2 Å². The number of amides is 4. The standard InChI is InChI=1S/C34H30N4O6S/c1-2-31(39)43-29-18-22-12-11-19(15-27(22)38(33(36)41)26-10-6-4-8-23(26)29)20-13-14-24-28(16-20)37(32(35)40)25-9-5-3-7-21(25)17-30(24)44-34(42)45/h3-16,29-30H,2,17-18H2,1H3,(H2,35,40)(H2,36,41)(H,42,45). The number of carbonyl (C=O) groups is 4. The van der Waals surface area contributed by atoms with Crippen molar-refractivity contribution in [2.45, 2.75) is 38.4 Å². The van der Waals surface area contributed by atoms with Crippen LogP contribution in [0.4, 0.5) is 37.1 Å². The van der Waals surface area contributed by atoms with Gasteiger partial charge in [0.05, 0.1) is 22.7 Å². The van der Waals surface area contributed by atoms with Crippen molar-refractivity contribution in [2.24, 2.45) is 11.5 Å². The first-order valence-corrected chi connectivity index (χ1v) is 14.8. The van der Waals surface area contributed by atoms with Gasteiger partial charge < -0.3 is 20.9 Å². The fraction of sp³-hybridized carbons (Fsp3) is 0.176. The number of primary amides is 2. The van der Waals surface area contributed by atoms with Crippen LogP contribution < -0.4 is 21.3 Å². The maximum Gasteiger partial charge on any atom is 0.364 e. The lowest BCUT2D eigenvalue weighted by Gasteiger charge is -2.25. The topological polar surface area (TPSA) is 145 Å². The minimum Gasteiger partial charge on any atom is -0.457 e. The molecule has 0 radical (unpaired) electrons. The number of nitrogens with zero attached hydrogens (tertiary/aromatic N) is 2. The molecule has 6 rings (SSSR count). The van der Waals surface area contributed by atoms with Gasteiger partial charge in [-0.2, -0.15) is 0 Å². The van der Waals surface area contributed by atoms with E-state index in [4.69, 9.17) is 20.9 Å². The van der Waals surface area contributed by atoms with Gasteiger partial charge >= 0.3 is 23.3 Å².